The predicted molar refractivity (Wildman–Crippen MR) is 119 cm³/mol. The molecule has 0 radical (unpaired) electrons. The molecule has 2 atom stereocenters. The quantitative estimate of drug-likeness (QED) is 0.716. The lowest BCUT2D eigenvalue weighted by atomic mass is 9.57. The number of piperazine rings is 1. The van der Waals surface area contributed by atoms with Crippen LogP contribution in [0.5, 0.6) is 0 Å². The van der Waals surface area contributed by atoms with Crippen LogP contribution < -0.4 is 10.6 Å². The third-order valence-corrected chi connectivity index (χ3v) is 8.81. The first-order chi connectivity index (χ1) is 15.1. The lowest BCUT2D eigenvalue weighted by molar-refractivity contribution is -0.154. The minimum absolute atomic E-state index is 0.0582. The molecule has 1 aromatic rings. The van der Waals surface area contributed by atoms with E-state index in [2.05, 4.69) is 11.0 Å². The second kappa shape index (κ2) is 8.07. The summed E-state index contributed by atoms with van der Waals surface area (Å²) in [6, 6.07) is 9.13. The van der Waals surface area contributed by atoms with Crippen molar-refractivity contribution in [1.82, 2.24) is 4.90 Å². The summed E-state index contributed by atoms with van der Waals surface area (Å²) in [4.78, 5) is 30.5. The normalized spacial score (nSPS) is 27.4. The molecule has 32 heavy (non-hydrogen) atoms. The molecule has 8 nitrogen and oxygen atoms in total. The Morgan fingerprint density at radius 1 is 1.06 bits per heavy atom. The Bertz CT molecular complexity index is 1050. The molecule has 1 aromatic carbocycles. The average molecular weight is 459 g/mol. The molecular weight excluding hydrogens is 428 g/mol. The Morgan fingerprint density at radius 2 is 1.69 bits per heavy atom. The van der Waals surface area contributed by atoms with Crippen molar-refractivity contribution in [3.05, 3.63) is 24.3 Å². The molecule has 2 amide bonds. The van der Waals surface area contributed by atoms with E-state index in [1.807, 2.05) is 4.90 Å². The number of nitrogens with zero attached hydrogens (tertiary/aromatic N) is 3. The number of carbonyl (C=O) groups excluding carboxylic acids is 2. The number of hydrogen-bond donors (Lipinski definition) is 1. The summed E-state index contributed by atoms with van der Waals surface area (Å²) in [6.07, 6.45) is 5.23. The average Bonchev–Trinajstić information content (AvgIpc) is 3.60. The molecular formula is C23H30N4O4S. The summed E-state index contributed by atoms with van der Waals surface area (Å²) >= 11 is 0. The second-order valence-corrected chi connectivity index (χ2v) is 11.4. The van der Waals surface area contributed by atoms with Crippen molar-refractivity contribution in [3.8, 4) is 6.07 Å². The van der Waals surface area contributed by atoms with Gasteiger partial charge in [-0.25, -0.2) is 8.42 Å². The second-order valence-electron chi connectivity index (χ2n) is 9.41. The van der Waals surface area contributed by atoms with Crippen LogP contribution in [0, 0.1) is 28.1 Å². The predicted octanol–water partition coefficient (Wildman–Crippen LogP) is 1.70. The molecule has 0 aromatic heterocycles. The summed E-state index contributed by atoms with van der Waals surface area (Å²) in [5.74, 6) is -1.09. The fourth-order valence-electron chi connectivity index (χ4n) is 5.70. The van der Waals surface area contributed by atoms with Crippen molar-refractivity contribution in [2.45, 2.75) is 43.4 Å². The highest BCUT2D eigenvalue weighted by Crippen LogP contribution is 2.65. The van der Waals surface area contributed by atoms with Gasteiger partial charge >= 0.3 is 0 Å². The zero-order valence-electron chi connectivity index (χ0n) is 18.4. The molecule has 1 saturated heterocycles. The molecule has 172 valence electrons. The van der Waals surface area contributed by atoms with Crippen molar-refractivity contribution in [2.75, 3.05) is 37.3 Å². The Labute approximate surface area is 189 Å². The van der Waals surface area contributed by atoms with Crippen LogP contribution in [0.25, 0.3) is 0 Å². The van der Waals surface area contributed by atoms with Crippen molar-refractivity contribution in [1.29, 1.82) is 5.26 Å². The molecule has 2 saturated carbocycles. The van der Waals surface area contributed by atoms with Gasteiger partial charge in [0.05, 0.1) is 27.7 Å². The van der Waals surface area contributed by atoms with E-state index < -0.39 is 32.5 Å². The Morgan fingerprint density at radius 3 is 2.19 bits per heavy atom. The van der Waals surface area contributed by atoms with E-state index in [1.165, 1.54) is 6.26 Å². The van der Waals surface area contributed by atoms with E-state index in [0.29, 0.717) is 51.9 Å². The van der Waals surface area contributed by atoms with Crippen molar-refractivity contribution in [2.24, 2.45) is 22.5 Å². The molecule has 9 heteroatoms. The van der Waals surface area contributed by atoms with Gasteiger partial charge in [-0.3, -0.25) is 9.59 Å². The van der Waals surface area contributed by atoms with Gasteiger partial charge in [0.2, 0.25) is 11.8 Å². The molecule has 2 aliphatic carbocycles. The molecule has 3 aliphatic rings. The van der Waals surface area contributed by atoms with Crippen LogP contribution in [0.2, 0.25) is 0 Å². The lowest BCUT2D eigenvalue weighted by Crippen LogP contribution is -2.58. The van der Waals surface area contributed by atoms with Crippen LogP contribution in [0.4, 0.5) is 5.69 Å². The van der Waals surface area contributed by atoms with Gasteiger partial charge in [-0.1, -0.05) is 12.8 Å². The van der Waals surface area contributed by atoms with E-state index in [-0.39, 0.29) is 10.8 Å². The number of amides is 2. The van der Waals surface area contributed by atoms with Crippen LogP contribution in [-0.4, -0.2) is 57.6 Å². The van der Waals surface area contributed by atoms with Crippen LogP contribution in [0.3, 0.4) is 0 Å². The minimum atomic E-state index is -3.24. The Balaban J connectivity index is 1.48. The largest absolute Gasteiger partial charge is 0.369 e. The molecule has 0 bridgehead atoms. The van der Waals surface area contributed by atoms with Crippen LogP contribution in [0.15, 0.2) is 29.2 Å². The summed E-state index contributed by atoms with van der Waals surface area (Å²) in [5.41, 5.74) is 4.95. The summed E-state index contributed by atoms with van der Waals surface area (Å²) in [7, 11) is -3.24. The van der Waals surface area contributed by atoms with E-state index in [1.54, 1.807) is 24.3 Å². The van der Waals surface area contributed by atoms with Gasteiger partial charge in [0.25, 0.3) is 0 Å². The Kier molecular flexibility index (Phi) is 5.70. The van der Waals surface area contributed by atoms with Crippen molar-refractivity contribution >= 4 is 27.3 Å². The van der Waals surface area contributed by atoms with E-state index in [9.17, 15) is 23.3 Å². The first-order valence-electron chi connectivity index (χ1n) is 11.2. The molecule has 3 fully saturated rings. The van der Waals surface area contributed by atoms with Gasteiger partial charge in [-0.2, -0.15) is 5.26 Å². The molecule has 0 spiro atoms. The summed E-state index contributed by atoms with van der Waals surface area (Å²) < 4.78 is 23.4. The zero-order chi connectivity index (χ0) is 23.1. The number of carbonyl (C=O) groups is 2. The maximum Gasteiger partial charge on any atom is 0.226 e. The first kappa shape index (κ1) is 22.6. The van der Waals surface area contributed by atoms with E-state index in [0.717, 1.165) is 18.5 Å². The highest BCUT2D eigenvalue weighted by Gasteiger charge is 2.68. The van der Waals surface area contributed by atoms with Crippen molar-refractivity contribution < 1.29 is 18.0 Å². The van der Waals surface area contributed by atoms with E-state index >= 15 is 0 Å². The number of sulfone groups is 1. The number of benzene rings is 1. The zero-order valence-corrected chi connectivity index (χ0v) is 19.2. The van der Waals surface area contributed by atoms with Crippen LogP contribution >= 0.6 is 0 Å². The van der Waals surface area contributed by atoms with Gasteiger partial charge in [-0.15, -0.1) is 0 Å². The first-order valence-corrected chi connectivity index (χ1v) is 13.1. The third-order valence-electron chi connectivity index (χ3n) is 7.69. The third kappa shape index (κ3) is 3.64. The van der Waals surface area contributed by atoms with Gasteiger partial charge in [0, 0.05) is 38.1 Å². The highest BCUT2D eigenvalue weighted by atomic mass is 32.2. The fourth-order valence-corrected chi connectivity index (χ4v) is 6.33. The minimum Gasteiger partial charge on any atom is -0.369 e. The molecule has 4 rings (SSSR count). The van der Waals surface area contributed by atoms with Gasteiger partial charge in [0.15, 0.2) is 9.84 Å². The molecule has 1 aliphatic heterocycles. The van der Waals surface area contributed by atoms with Gasteiger partial charge in [-0.05, 0) is 49.9 Å². The number of primary amides is 1. The van der Waals surface area contributed by atoms with E-state index in [4.69, 9.17) is 5.73 Å². The number of nitriles is 1. The van der Waals surface area contributed by atoms with Crippen LogP contribution in [-0.2, 0) is 19.4 Å². The van der Waals surface area contributed by atoms with Gasteiger partial charge in [0.1, 0.15) is 0 Å². The van der Waals surface area contributed by atoms with Crippen LogP contribution in [0.1, 0.15) is 38.5 Å². The lowest BCUT2D eigenvalue weighted by Gasteiger charge is -2.47. The summed E-state index contributed by atoms with van der Waals surface area (Å²) in [6.45, 7) is 2.25. The topological polar surface area (TPSA) is 125 Å². The smallest absolute Gasteiger partial charge is 0.226 e. The molecule has 1 heterocycles. The molecule has 2 N–H and O–H groups in total. The standard InChI is InChI=1S/C23H30N4O4S/c1-32(30,31)18-7-5-17(6-8-18)26-12-14-27(15-13-26)20(28)19-4-2-3-9-23(19,21(25)29)22(16-24)10-11-22/h5-8,19H,2-4,9-15H2,1H3,(H2,25,29). The number of nitrogens with two attached hydrogens (primary N) is 1. The van der Waals surface area contributed by atoms with Gasteiger partial charge < -0.3 is 15.5 Å². The van der Waals surface area contributed by atoms with Crippen molar-refractivity contribution in [3.63, 3.8) is 0 Å². The Hall–Kier alpha value is -2.60. The number of hydrogen-bond acceptors (Lipinski definition) is 6. The maximum absolute atomic E-state index is 13.6. The monoisotopic (exact) mass is 458 g/mol. The molecule has 2 unspecified atom stereocenters. The maximum atomic E-state index is 13.6. The fraction of sp³-hybridized carbons (Fsp3) is 0.609. The highest BCUT2D eigenvalue weighted by molar-refractivity contribution is 7.90. The summed E-state index contributed by atoms with van der Waals surface area (Å²) in [5, 5.41) is 9.84. The number of anilines is 1. The number of rotatable bonds is 5. The SMILES string of the molecule is CS(=O)(=O)c1ccc(N2CCN(C(=O)C3CCCCC3(C(N)=O)C3(C#N)CC3)CC2)cc1.